The lowest BCUT2D eigenvalue weighted by Gasteiger charge is -2.42. The highest BCUT2D eigenvalue weighted by molar-refractivity contribution is 6.32. The summed E-state index contributed by atoms with van der Waals surface area (Å²) < 4.78 is 109. The molecule has 4 fully saturated rings. The zero-order valence-corrected chi connectivity index (χ0v) is 29.8. The summed E-state index contributed by atoms with van der Waals surface area (Å²) in [6.07, 6.45) is -3.74. The average Bonchev–Trinajstić information content (AvgIpc) is 3.65. The third-order valence-electron chi connectivity index (χ3n) is 10.4. The van der Waals surface area contributed by atoms with Crippen molar-refractivity contribution in [3.05, 3.63) is 34.4 Å². The van der Waals surface area contributed by atoms with Gasteiger partial charge in [-0.25, -0.2) is 18.0 Å². The highest BCUT2D eigenvalue weighted by Crippen LogP contribution is 2.49. The van der Waals surface area contributed by atoms with Crippen molar-refractivity contribution in [1.82, 2.24) is 19.8 Å². The minimum Gasteiger partial charge on any atom is -0.493 e. The standard InChI is InChI=1S/C35H39ClF6N6O4/c1-33(2,3)52-32(49)48-19-6-7-20(48)15-46(14-19)30-24-28(44-31(45-30)51-16-34-8-5-9-47(34)13-17(37)12-34)26(38)23(27(39)29(24)50-4)21-10-18(43)11-22(36)25(21)35(40,41)42/h10-11,17,19-20H,5-9,12-16,43H2,1-4H3/t17-,19?,20?,34+/m1/s1. The van der Waals surface area contributed by atoms with Gasteiger partial charge in [-0.1, -0.05) is 11.6 Å². The summed E-state index contributed by atoms with van der Waals surface area (Å²) in [5.74, 6) is -3.51. The molecule has 4 atom stereocenters. The second-order valence-electron chi connectivity index (χ2n) is 15.1. The Kier molecular flexibility index (Phi) is 9.03. The molecule has 17 heteroatoms. The lowest BCUT2D eigenvalue weighted by Crippen LogP contribution is -2.57. The number of methoxy groups -OCH3 is 1. The second-order valence-corrected chi connectivity index (χ2v) is 15.5. The first kappa shape index (κ1) is 36.4. The van der Waals surface area contributed by atoms with Crippen molar-refractivity contribution in [2.24, 2.45) is 0 Å². The van der Waals surface area contributed by atoms with E-state index >= 15 is 8.78 Å². The van der Waals surface area contributed by atoms with Crippen LogP contribution in [0.3, 0.4) is 0 Å². The zero-order chi connectivity index (χ0) is 37.5. The normalized spacial score (nSPS) is 24.9. The molecule has 1 amide bonds. The minimum atomic E-state index is -5.12. The van der Waals surface area contributed by atoms with E-state index in [2.05, 4.69) is 9.97 Å². The zero-order valence-electron chi connectivity index (χ0n) is 29.0. The molecule has 0 saturated carbocycles. The van der Waals surface area contributed by atoms with Gasteiger partial charge < -0.3 is 24.8 Å². The van der Waals surface area contributed by atoms with Crippen LogP contribution in [0.5, 0.6) is 11.8 Å². The van der Waals surface area contributed by atoms with Crippen LogP contribution in [0, 0.1) is 11.6 Å². The third-order valence-corrected chi connectivity index (χ3v) is 10.7. The summed E-state index contributed by atoms with van der Waals surface area (Å²) in [7, 11) is 1.09. The number of benzene rings is 2. The number of nitrogen functional groups attached to an aromatic ring is 1. The fourth-order valence-corrected chi connectivity index (χ4v) is 8.74. The Hall–Kier alpha value is -3.92. The SMILES string of the molecule is COc1c(F)c(-c2cc(N)cc(Cl)c2C(F)(F)F)c(F)c2nc(OC[C@@]34CCCN3C[C@H](F)C4)nc(N3CC4CCC(C3)N4C(=O)OC(C)(C)C)c12. The highest BCUT2D eigenvalue weighted by Gasteiger charge is 2.50. The predicted molar refractivity (Wildman–Crippen MR) is 182 cm³/mol. The summed E-state index contributed by atoms with van der Waals surface area (Å²) in [5, 5.41) is -1.10. The number of carbonyl (C=O) groups is 1. The Morgan fingerprint density at radius 3 is 2.40 bits per heavy atom. The smallest absolute Gasteiger partial charge is 0.418 e. The van der Waals surface area contributed by atoms with Crippen molar-refractivity contribution in [3.63, 3.8) is 0 Å². The van der Waals surface area contributed by atoms with E-state index < -0.39 is 74.2 Å². The molecular weight excluding hydrogens is 718 g/mol. The van der Waals surface area contributed by atoms with Crippen molar-refractivity contribution in [1.29, 1.82) is 0 Å². The molecule has 4 saturated heterocycles. The van der Waals surface area contributed by atoms with Gasteiger partial charge >= 0.3 is 18.3 Å². The van der Waals surface area contributed by atoms with E-state index in [1.54, 1.807) is 30.6 Å². The largest absolute Gasteiger partial charge is 0.493 e. The second kappa shape index (κ2) is 12.9. The van der Waals surface area contributed by atoms with Crippen molar-refractivity contribution >= 4 is 40.1 Å². The summed E-state index contributed by atoms with van der Waals surface area (Å²) in [6.45, 7) is 6.54. The van der Waals surface area contributed by atoms with Gasteiger partial charge in [-0.05, 0) is 65.1 Å². The first-order valence-electron chi connectivity index (χ1n) is 17.1. The van der Waals surface area contributed by atoms with Crippen molar-refractivity contribution in [2.75, 3.05) is 50.5 Å². The topological polar surface area (TPSA) is 106 Å². The molecule has 4 aliphatic heterocycles. The molecule has 2 N–H and O–H groups in total. The van der Waals surface area contributed by atoms with Crippen LogP contribution in [0.25, 0.3) is 22.0 Å². The van der Waals surface area contributed by atoms with Gasteiger partial charge in [0.1, 0.15) is 29.7 Å². The van der Waals surface area contributed by atoms with Crippen molar-refractivity contribution in [3.8, 4) is 22.9 Å². The van der Waals surface area contributed by atoms with Gasteiger partial charge in [0, 0.05) is 37.3 Å². The van der Waals surface area contributed by atoms with Gasteiger partial charge in [-0.2, -0.15) is 23.1 Å². The van der Waals surface area contributed by atoms with E-state index in [0.29, 0.717) is 25.8 Å². The summed E-state index contributed by atoms with van der Waals surface area (Å²) >= 11 is 5.98. The summed E-state index contributed by atoms with van der Waals surface area (Å²) in [6, 6.07) is 0.592. The number of fused-ring (bicyclic) bond motifs is 4. The molecule has 4 aliphatic rings. The van der Waals surface area contributed by atoms with Crippen molar-refractivity contribution < 1.29 is 45.3 Å². The minimum absolute atomic E-state index is 0.000778. The number of rotatable bonds is 6. The third kappa shape index (κ3) is 6.28. The van der Waals surface area contributed by atoms with Crippen LogP contribution in [0.2, 0.25) is 5.02 Å². The quantitative estimate of drug-likeness (QED) is 0.204. The maximum Gasteiger partial charge on any atom is 0.418 e. The molecule has 2 unspecified atom stereocenters. The van der Waals surface area contributed by atoms with Gasteiger partial charge in [0.15, 0.2) is 17.4 Å². The Morgan fingerprint density at radius 1 is 1.08 bits per heavy atom. The number of halogens is 7. The molecule has 2 aromatic carbocycles. The van der Waals surface area contributed by atoms with Crippen LogP contribution >= 0.6 is 11.6 Å². The fraction of sp³-hybridized carbons (Fsp3) is 0.571. The van der Waals surface area contributed by atoms with Crippen LogP contribution in [0.1, 0.15) is 58.4 Å². The summed E-state index contributed by atoms with van der Waals surface area (Å²) in [5.41, 5.74) is 0.0836. The molecule has 7 rings (SSSR count). The van der Waals surface area contributed by atoms with Gasteiger partial charge in [-0.15, -0.1) is 0 Å². The molecule has 0 radical (unpaired) electrons. The Balaban J connectivity index is 1.39. The molecule has 3 aromatic rings. The highest BCUT2D eigenvalue weighted by atomic mass is 35.5. The number of hydrogen-bond donors (Lipinski definition) is 1. The van der Waals surface area contributed by atoms with Gasteiger partial charge in [0.2, 0.25) is 0 Å². The van der Waals surface area contributed by atoms with Crippen LogP contribution in [0.15, 0.2) is 12.1 Å². The number of anilines is 2. The number of alkyl halides is 4. The number of amides is 1. The van der Waals surface area contributed by atoms with Crippen LogP contribution in [0.4, 0.5) is 42.6 Å². The van der Waals surface area contributed by atoms with Crippen LogP contribution in [-0.4, -0.2) is 95.2 Å². The number of piperazine rings is 1. The van der Waals surface area contributed by atoms with E-state index in [9.17, 15) is 22.4 Å². The van der Waals surface area contributed by atoms with Crippen molar-refractivity contribution in [2.45, 2.75) is 88.4 Å². The average molecular weight is 757 g/mol. The first-order chi connectivity index (χ1) is 24.4. The lowest BCUT2D eigenvalue weighted by atomic mass is 9.95. The molecule has 1 aromatic heterocycles. The van der Waals surface area contributed by atoms with E-state index in [1.807, 2.05) is 4.90 Å². The molecule has 52 heavy (non-hydrogen) atoms. The van der Waals surface area contributed by atoms with Gasteiger partial charge in [0.05, 0.1) is 46.3 Å². The molecule has 10 nitrogen and oxygen atoms in total. The monoisotopic (exact) mass is 756 g/mol. The lowest BCUT2D eigenvalue weighted by molar-refractivity contribution is -0.137. The number of carbonyl (C=O) groups excluding carboxylic acids is 1. The van der Waals surface area contributed by atoms with Gasteiger partial charge in [-0.3, -0.25) is 9.80 Å². The first-order valence-corrected chi connectivity index (χ1v) is 17.5. The number of aromatic nitrogens is 2. The molecule has 2 bridgehead atoms. The van der Waals surface area contributed by atoms with E-state index in [4.69, 9.17) is 31.5 Å². The Morgan fingerprint density at radius 2 is 1.77 bits per heavy atom. The fourth-order valence-electron chi connectivity index (χ4n) is 8.41. The maximum atomic E-state index is 16.9. The number of nitrogens with zero attached hydrogens (tertiary/aromatic N) is 5. The number of hydrogen-bond acceptors (Lipinski definition) is 9. The molecular formula is C35H39ClF6N6O4. The van der Waals surface area contributed by atoms with E-state index in [1.165, 1.54) is 0 Å². The van der Waals surface area contributed by atoms with E-state index in [-0.39, 0.29) is 67.6 Å². The van der Waals surface area contributed by atoms with Gasteiger partial charge in [0.25, 0.3) is 0 Å². The van der Waals surface area contributed by atoms with Crippen LogP contribution in [-0.2, 0) is 10.9 Å². The number of nitrogens with two attached hydrogens (primary N) is 1. The Labute approximate surface area is 301 Å². The Bertz CT molecular complexity index is 1910. The van der Waals surface area contributed by atoms with E-state index in [0.717, 1.165) is 25.7 Å². The molecule has 0 aliphatic carbocycles. The van der Waals surface area contributed by atoms with Crippen LogP contribution < -0.4 is 20.1 Å². The molecule has 0 spiro atoms. The maximum absolute atomic E-state index is 16.9. The predicted octanol–water partition coefficient (Wildman–Crippen LogP) is 7.38. The number of ether oxygens (including phenoxy) is 3. The molecule has 5 heterocycles. The molecule has 282 valence electrons. The summed E-state index contributed by atoms with van der Waals surface area (Å²) in [4.78, 5) is 27.6.